The first kappa shape index (κ1) is 11.3. The van der Waals surface area contributed by atoms with E-state index in [9.17, 15) is 0 Å². The molecule has 2 aromatic carbocycles. The molecule has 0 unspecified atom stereocenters. The number of likely N-dealkylation sites (tertiary alicyclic amines) is 1. The van der Waals surface area contributed by atoms with Gasteiger partial charge in [-0.1, -0.05) is 42.5 Å². The van der Waals surface area contributed by atoms with E-state index in [0.29, 0.717) is 0 Å². The third-order valence-corrected chi connectivity index (χ3v) is 3.68. The first-order valence-corrected chi connectivity index (χ1v) is 6.83. The Morgan fingerprint density at radius 2 is 1.61 bits per heavy atom. The molecular weight excluding hydrogens is 218 g/mol. The molecule has 0 aliphatic carbocycles. The zero-order chi connectivity index (χ0) is 12.2. The first-order chi connectivity index (χ1) is 8.93. The molecule has 1 aliphatic heterocycles. The Morgan fingerprint density at radius 1 is 0.833 bits per heavy atom. The fourth-order valence-electron chi connectivity index (χ4n) is 2.65. The maximum absolute atomic E-state index is 2.44. The largest absolute Gasteiger partial charge is 0.377 e. The molecule has 0 bridgehead atoms. The molecule has 0 N–H and O–H groups in total. The van der Waals surface area contributed by atoms with Crippen LogP contribution < -0.4 is 0 Å². The van der Waals surface area contributed by atoms with Gasteiger partial charge >= 0.3 is 0 Å². The second-order valence-electron chi connectivity index (χ2n) is 4.98. The van der Waals surface area contributed by atoms with Crippen molar-refractivity contribution < 1.29 is 0 Å². The average Bonchev–Trinajstić information content (AvgIpc) is 2.46. The van der Waals surface area contributed by atoms with Crippen LogP contribution in [0.15, 0.2) is 48.7 Å². The summed E-state index contributed by atoms with van der Waals surface area (Å²) in [5, 5.41) is 2.66. The van der Waals surface area contributed by atoms with E-state index in [1.807, 2.05) is 0 Å². The second kappa shape index (κ2) is 5.26. The minimum atomic E-state index is 1.21. The zero-order valence-electron chi connectivity index (χ0n) is 10.7. The topological polar surface area (TPSA) is 3.24 Å². The van der Waals surface area contributed by atoms with E-state index in [0.717, 1.165) is 0 Å². The molecule has 0 aromatic heterocycles. The Morgan fingerprint density at radius 3 is 2.50 bits per heavy atom. The van der Waals surface area contributed by atoms with Crippen LogP contribution in [0.4, 0.5) is 0 Å². The highest BCUT2D eigenvalue weighted by atomic mass is 15.1. The second-order valence-corrected chi connectivity index (χ2v) is 4.98. The van der Waals surface area contributed by atoms with Gasteiger partial charge in [-0.05, 0) is 47.9 Å². The summed E-state index contributed by atoms with van der Waals surface area (Å²) in [5.74, 6) is 0. The number of piperidine rings is 1. The predicted molar refractivity (Wildman–Crippen MR) is 78.4 cm³/mol. The van der Waals surface area contributed by atoms with Gasteiger partial charge in [0.2, 0.25) is 0 Å². The summed E-state index contributed by atoms with van der Waals surface area (Å²) in [7, 11) is 0. The molecule has 1 fully saturated rings. The molecule has 1 heteroatoms. The Kier molecular flexibility index (Phi) is 3.31. The maximum atomic E-state index is 2.44. The van der Waals surface area contributed by atoms with Crippen LogP contribution in [-0.4, -0.2) is 18.0 Å². The predicted octanol–water partition coefficient (Wildman–Crippen LogP) is 4.30. The van der Waals surface area contributed by atoms with Gasteiger partial charge in [0, 0.05) is 13.1 Å². The zero-order valence-corrected chi connectivity index (χ0v) is 10.7. The summed E-state index contributed by atoms with van der Waals surface area (Å²) >= 11 is 0. The van der Waals surface area contributed by atoms with Crippen molar-refractivity contribution in [3.8, 4) is 0 Å². The Hall–Kier alpha value is -1.76. The molecule has 1 nitrogen and oxygen atoms in total. The SMILES string of the molecule is C(=CN1CCCCC1)c1cccc2ccccc12. The summed E-state index contributed by atoms with van der Waals surface area (Å²) in [6, 6.07) is 15.1. The van der Waals surface area contributed by atoms with E-state index < -0.39 is 0 Å². The van der Waals surface area contributed by atoms with Crippen molar-refractivity contribution in [2.45, 2.75) is 19.3 Å². The van der Waals surface area contributed by atoms with E-state index in [1.165, 1.54) is 48.7 Å². The van der Waals surface area contributed by atoms with Crippen molar-refractivity contribution in [3.63, 3.8) is 0 Å². The lowest BCUT2D eigenvalue weighted by molar-refractivity contribution is 0.311. The van der Waals surface area contributed by atoms with E-state index >= 15 is 0 Å². The summed E-state index contributed by atoms with van der Waals surface area (Å²) in [6.07, 6.45) is 8.58. The Balaban J connectivity index is 1.87. The highest BCUT2D eigenvalue weighted by Gasteiger charge is 2.05. The third-order valence-electron chi connectivity index (χ3n) is 3.68. The number of rotatable bonds is 2. The van der Waals surface area contributed by atoms with E-state index in [1.54, 1.807) is 0 Å². The van der Waals surface area contributed by atoms with Crippen LogP contribution in [0.5, 0.6) is 0 Å². The lowest BCUT2D eigenvalue weighted by Gasteiger charge is -2.24. The molecule has 0 amide bonds. The van der Waals surface area contributed by atoms with Gasteiger partial charge in [0.15, 0.2) is 0 Å². The van der Waals surface area contributed by atoms with Gasteiger partial charge in [-0.2, -0.15) is 0 Å². The molecule has 0 spiro atoms. The van der Waals surface area contributed by atoms with Crippen LogP contribution in [0.2, 0.25) is 0 Å². The van der Waals surface area contributed by atoms with E-state index in [-0.39, 0.29) is 0 Å². The molecule has 3 rings (SSSR count). The van der Waals surface area contributed by atoms with Gasteiger partial charge in [0.1, 0.15) is 0 Å². The Labute approximate surface area is 109 Å². The number of hydrogen-bond donors (Lipinski definition) is 0. The third kappa shape index (κ3) is 2.40. The normalized spacial score (nSPS) is 16.6. The molecular formula is C17H19N. The fourth-order valence-corrected chi connectivity index (χ4v) is 2.65. The lowest BCUT2D eigenvalue weighted by Crippen LogP contribution is -2.23. The molecule has 1 aliphatic rings. The van der Waals surface area contributed by atoms with Crippen LogP contribution in [-0.2, 0) is 0 Å². The molecule has 2 aromatic rings. The van der Waals surface area contributed by atoms with Crippen molar-refractivity contribution in [2.24, 2.45) is 0 Å². The highest BCUT2D eigenvalue weighted by Crippen LogP contribution is 2.20. The molecule has 0 atom stereocenters. The number of hydrogen-bond acceptors (Lipinski definition) is 1. The minimum Gasteiger partial charge on any atom is -0.377 e. The molecule has 0 saturated carbocycles. The quantitative estimate of drug-likeness (QED) is 0.753. The molecule has 18 heavy (non-hydrogen) atoms. The molecule has 1 heterocycles. The van der Waals surface area contributed by atoms with Crippen molar-refractivity contribution in [3.05, 3.63) is 54.2 Å². The van der Waals surface area contributed by atoms with Crippen LogP contribution in [0, 0.1) is 0 Å². The van der Waals surface area contributed by atoms with Crippen molar-refractivity contribution >= 4 is 16.8 Å². The van der Waals surface area contributed by atoms with Crippen LogP contribution in [0.25, 0.3) is 16.8 Å². The number of benzene rings is 2. The van der Waals surface area contributed by atoms with E-state index in [2.05, 4.69) is 59.6 Å². The summed E-state index contributed by atoms with van der Waals surface area (Å²) in [4.78, 5) is 2.44. The number of nitrogens with zero attached hydrogens (tertiary/aromatic N) is 1. The van der Waals surface area contributed by atoms with Crippen molar-refractivity contribution in [1.82, 2.24) is 4.90 Å². The van der Waals surface area contributed by atoms with Crippen LogP contribution in [0.1, 0.15) is 24.8 Å². The summed E-state index contributed by atoms with van der Waals surface area (Å²) in [5.41, 5.74) is 1.32. The van der Waals surface area contributed by atoms with Crippen molar-refractivity contribution in [1.29, 1.82) is 0 Å². The van der Waals surface area contributed by atoms with Gasteiger partial charge in [0.05, 0.1) is 0 Å². The lowest BCUT2D eigenvalue weighted by atomic mass is 10.0. The molecule has 92 valence electrons. The highest BCUT2D eigenvalue weighted by molar-refractivity contribution is 5.90. The van der Waals surface area contributed by atoms with Gasteiger partial charge in [-0.3, -0.25) is 0 Å². The molecule has 1 saturated heterocycles. The summed E-state index contributed by atoms with van der Waals surface area (Å²) < 4.78 is 0. The average molecular weight is 237 g/mol. The first-order valence-electron chi connectivity index (χ1n) is 6.83. The minimum absolute atomic E-state index is 1.21. The van der Waals surface area contributed by atoms with Crippen LogP contribution in [0.3, 0.4) is 0 Å². The van der Waals surface area contributed by atoms with Gasteiger partial charge in [0.25, 0.3) is 0 Å². The summed E-state index contributed by atoms with van der Waals surface area (Å²) in [6.45, 7) is 2.42. The smallest absolute Gasteiger partial charge is 0.0172 e. The van der Waals surface area contributed by atoms with Crippen molar-refractivity contribution in [2.75, 3.05) is 13.1 Å². The van der Waals surface area contributed by atoms with Gasteiger partial charge < -0.3 is 4.90 Å². The van der Waals surface area contributed by atoms with Crippen LogP contribution >= 0.6 is 0 Å². The van der Waals surface area contributed by atoms with Gasteiger partial charge in [-0.15, -0.1) is 0 Å². The van der Waals surface area contributed by atoms with Gasteiger partial charge in [-0.25, -0.2) is 0 Å². The standard InChI is InChI=1S/C17H19N/c1-4-12-18(13-5-1)14-11-16-9-6-8-15-7-2-3-10-17(15)16/h2-3,6-11,14H,1,4-5,12-13H2. The van der Waals surface area contributed by atoms with E-state index in [4.69, 9.17) is 0 Å². The molecule has 0 radical (unpaired) electrons. The monoisotopic (exact) mass is 237 g/mol. The number of fused-ring (bicyclic) bond motifs is 1. The maximum Gasteiger partial charge on any atom is 0.0172 e. The Bertz CT molecular complexity index is 545. The fraction of sp³-hybridized carbons (Fsp3) is 0.294.